The molecule has 3 rings (SSSR count). The number of carbonyl (C=O) groups is 2. The molecule has 1 saturated heterocycles. The lowest BCUT2D eigenvalue weighted by atomic mass is 10.2. The summed E-state index contributed by atoms with van der Waals surface area (Å²) >= 11 is 15.9. The number of benzene rings is 2. The summed E-state index contributed by atoms with van der Waals surface area (Å²) in [6, 6.07) is 12.2. The predicted molar refractivity (Wildman–Crippen MR) is 128 cm³/mol. The Hall–Kier alpha value is -1.87. The Morgan fingerprint density at radius 1 is 1.33 bits per heavy atom. The summed E-state index contributed by atoms with van der Waals surface area (Å²) in [5, 5.41) is 1.35. The average Bonchev–Trinajstić information content (AvgIpc) is 2.97. The normalized spacial score (nSPS) is 15.0. The van der Waals surface area contributed by atoms with E-state index in [4.69, 9.17) is 28.6 Å². The molecule has 1 fully saturated rings. The molecule has 1 aliphatic heterocycles. The van der Waals surface area contributed by atoms with Gasteiger partial charge in [-0.3, -0.25) is 15.0 Å². The summed E-state index contributed by atoms with van der Waals surface area (Å²) in [6.45, 7) is 2.68. The first-order valence-corrected chi connectivity index (χ1v) is 11.6. The van der Waals surface area contributed by atoms with E-state index in [1.165, 1.54) is 0 Å². The maximum Gasteiger partial charge on any atom is 0.285 e. The number of thiocarbonyl (C=S) groups is 1. The smallest absolute Gasteiger partial charge is 0.285 e. The van der Waals surface area contributed by atoms with Crippen molar-refractivity contribution in [3.63, 3.8) is 0 Å². The number of nitrogens with one attached hydrogen (secondary N) is 1. The molecule has 0 unspecified atom stereocenters. The highest BCUT2D eigenvalue weighted by Crippen LogP contribution is 2.34. The van der Waals surface area contributed by atoms with Gasteiger partial charge in [0.1, 0.15) is 5.75 Å². The van der Waals surface area contributed by atoms with Crippen LogP contribution in [0.25, 0.3) is 6.08 Å². The van der Waals surface area contributed by atoms with Gasteiger partial charge in [-0.1, -0.05) is 64.8 Å². The standard InChI is InChI=1S/C21H18BrClN2O3S2/c1-2-3-10-28-17-9-8-14(22)11-13(17)12-18-20(27)25(21(29)30-18)24-19(26)15-6-4-5-7-16(15)23/h4-9,11-12H,2-3,10H2,1H3,(H,24,26)/b18-12+. The topological polar surface area (TPSA) is 58.6 Å². The SMILES string of the molecule is CCCCOc1ccc(Br)cc1/C=C1/SC(=S)N(NC(=O)c2ccccc2Cl)C1=O. The Kier molecular flexibility index (Phi) is 7.93. The number of carbonyl (C=O) groups excluding carboxylic acids is 2. The number of nitrogens with zero attached hydrogens (tertiary/aromatic N) is 1. The predicted octanol–water partition coefficient (Wildman–Crippen LogP) is 5.83. The number of ether oxygens (including phenoxy) is 1. The maximum atomic E-state index is 12.9. The summed E-state index contributed by atoms with van der Waals surface area (Å²) in [5.74, 6) is -0.244. The largest absolute Gasteiger partial charge is 0.493 e. The second-order valence-electron chi connectivity index (χ2n) is 6.32. The van der Waals surface area contributed by atoms with E-state index in [1.54, 1.807) is 30.3 Å². The van der Waals surface area contributed by atoms with Crippen molar-refractivity contribution in [2.75, 3.05) is 6.61 Å². The van der Waals surface area contributed by atoms with Gasteiger partial charge in [-0.2, -0.15) is 5.01 Å². The van der Waals surface area contributed by atoms with Crippen LogP contribution in [0.3, 0.4) is 0 Å². The molecule has 5 nitrogen and oxygen atoms in total. The van der Waals surface area contributed by atoms with Gasteiger partial charge >= 0.3 is 0 Å². The zero-order valence-electron chi connectivity index (χ0n) is 16.0. The van der Waals surface area contributed by atoms with Crippen LogP contribution < -0.4 is 10.2 Å². The highest BCUT2D eigenvalue weighted by atomic mass is 79.9. The fraction of sp³-hybridized carbons (Fsp3) is 0.190. The van der Waals surface area contributed by atoms with Gasteiger partial charge in [0.05, 0.1) is 22.1 Å². The molecule has 1 aliphatic rings. The number of rotatable bonds is 7. The minimum atomic E-state index is -0.510. The van der Waals surface area contributed by atoms with E-state index < -0.39 is 11.8 Å². The average molecular weight is 526 g/mol. The van der Waals surface area contributed by atoms with Crippen molar-refractivity contribution in [2.45, 2.75) is 19.8 Å². The van der Waals surface area contributed by atoms with Gasteiger partial charge in [-0.05, 0) is 55.0 Å². The number of amides is 2. The van der Waals surface area contributed by atoms with Crippen molar-refractivity contribution in [2.24, 2.45) is 0 Å². The Balaban J connectivity index is 1.81. The van der Waals surface area contributed by atoms with Gasteiger partial charge in [0.2, 0.25) is 0 Å². The molecule has 0 saturated carbocycles. The van der Waals surface area contributed by atoms with Crippen LogP contribution in [0.15, 0.2) is 51.8 Å². The maximum absolute atomic E-state index is 12.9. The van der Waals surface area contributed by atoms with Crippen molar-refractivity contribution in [1.29, 1.82) is 0 Å². The van der Waals surface area contributed by atoms with E-state index >= 15 is 0 Å². The third kappa shape index (κ3) is 5.43. The minimum Gasteiger partial charge on any atom is -0.493 e. The summed E-state index contributed by atoms with van der Waals surface area (Å²) in [5.41, 5.74) is 3.54. The van der Waals surface area contributed by atoms with Crippen molar-refractivity contribution >= 4 is 73.7 Å². The molecule has 2 aromatic carbocycles. The second-order valence-corrected chi connectivity index (χ2v) is 9.32. The number of thioether (sulfide) groups is 1. The fourth-order valence-corrected chi connectivity index (χ4v) is 4.37. The molecule has 2 amide bonds. The van der Waals surface area contributed by atoms with Crippen LogP contribution in [0, 0.1) is 0 Å². The van der Waals surface area contributed by atoms with Gasteiger partial charge in [0.15, 0.2) is 4.32 Å². The van der Waals surface area contributed by atoms with Crippen LogP contribution in [0.1, 0.15) is 35.7 Å². The molecule has 30 heavy (non-hydrogen) atoms. The van der Waals surface area contributed by atoms with Crippen molar-refractivity contribution < 1.29 is 14.3 Å². The molecule has 0 atom stereocenters. The molecule has 1 N–H and O–H groups in total. The highest BCUT2D eigenvalue weighted by Gasteiger charge is 2.34. The van der Waals surface area contributed by atoms with E-state index in [0.717, 1.165) is 39.6 Å². The first-order chi connectivity index (χ1) is 14.4. The number of hydrazine groups is 1. The van der Waals surface area contributed by atoms with Crippen LogP contribution in [-0.4, -0.2) is 27.8 Å². The lowest BCUT2D eigenvalue weighted by Gasteiger charge is -2.16. The van der Waals surface area contributed by atoms with Crippen molar-refractivity contribution in [3.8, 4) is 5.75 Å². The van der Waals surface area contributed by atoms with E-state index in [0.29, 0.717) is 22.3 Å². The number of hydrogen-bond acceptors (Lipinski definition) is 5. The Morgan fingerprint density at radius 2 is 2.10 bits per heavy atom. The molecule has 0 spiro atoms. The lowest BCUT2D eigenvalue weighted by molar-refractivity contribution is -0.123. The number of hydrogen-bond donors (Lipinski definition) is 1. The van der Waals surface area contributed by atoms with Crippen LogP contribution in [0.5, 0.6) is 5.75 Å². The van der Waals surface area contributed by atoms with E-state index in [2.05, 4.69) is 28.3 Å². The van der Waals surface area contributed by atoms with Crippen molar-refractivity contribution in [3.05, 3.63) is 68.0 Å². The number of unbranched alkanes of at least 4 members (excludes halogenated alkanes) is 1. The second kappa shape index (κ2) is 10.4. The number of halogens is 2. The Morgan fingerprint density at radius 3 is 2.83 bits per heavy atom. The van der Waals surface area contributed by atoms with Gasteiger partial charge in [-0.15, -0.1) is 0 Å². The first-order valence-electron chi connectivity index (χ1n) is 9.16. The molecular formula is C21H18BrClN2O3S2. The van der Waals surface area contributed by atoms with Crippen LogP contribution in [0.2, 0.25) is 5.02 Å². The van der Waals surface area contributed by atoms with Crippen molar-refractivity contribution in [1.82, 2.24) is 10.4 Å². The first kappa shape index (κ1) is 22.8. The van der Waals surface area contributed by atoms with Gasteiger partial charge in [0, 0.05) is 10.0 Å². The van der Waals surface area contributed by atoms with Crippen LogP contribution in [0.4, 0.5) is 0 Å². The zero-order valence-corrected chi connectivity index (χ0v) is 20.0. The summed E-state index contributed by atoms with van der Waals surface area (Å²) < 4.78 is 6.94. The molecule has 0 aliphatic carbocycles. The monoisotopic (exact) mass is 524 g/mol. The van der Waals surface area contributed by atoms with E-state index in [-0.39, 0.29) is 9.88 Å². The Labute approximate surface area is 197 Å². The lowest BCUT2D eigenvalue weighted by Crippen LogP contribution is -2.44. The third-order valence-electron chi connectivity index (χ3n) is 4.14. The van der Waals surface area contributed by atoms with Crippen LogP contribution >= 0.6 is 51.5 Å². The van der Waals surface area contributed by atoms with E-state index in [1.807, 2.05) is 18.2 Å². The molecule has 9 heteroatoms. The van der Waals surface area contributed by atoms with Gasteiger partial charge < -0.3 is 4.74 Å². The Bertz CT molecular complexity index is 1030. The fourth-order valence-electron chi connectivity index (χ4n) is 2.60. The molecule has 2 aromatic rings. The molecule has 0 aromatic heterocycles. The molecule has 0 bridgehead atoms. The molecule has 156 valence electrons. The molecule has 0 radical (unpaired) electrons. The third-order valence-corrected chi connectivity index (χ3v) is 6.26. The quantitative estimate of drug-likeness (QED) is 0.280. The van der Waals surface area contributed by atoms with Crippen LogP contribution in [-0.2, 0) is 4.79 Å². The molecular weight excluding hydrogens is 508 g/mol. The minimum absolute atomic E-state index is 0.232. The zero-order chi connectivity index (χ0) is 21.7. The molecule has 1 heterocycles. The summed E-state index contributed by atoms with van der Waals surface area (Å²) in [6.07, 6.45) is 3.67. The van der Waals surface area contributed by atoms with E-state index in [9.17, 15) is 9.59 Å². The highest BCUT2D eigenvalue weighted by molar-refractivity contribution is 9.10. The summed E-state index contributed by atoms with van der Waals surface area (Å²) in [4.78, 5) is 25.8. The summed E-state index contributed by atoms with van der Waals surface area (Å²) in [7, 11) is 0. The van der Waals surface area contributed by atoms with Gasteiger partial charge in [0.25, 0.3) is 11.8 Å². The van der Waals surface area contributed by atoms with Gasteiger partial charge in [-0.25, -0.2) is 0 Å².